The SMILES string of the molecule is COc1cc(C2C(=C(O)c3cc(C)ccc3C)C(=O)C(=O)N2CCCN(C)C)ccc1OCCC(C)C. The van der Waals surface area contributed by atoms with Gasteiger partial charge in [0.15, 0.2) is 11.5 Å². The van der Waals surface area contributed by atoms with Crippen LogP contribution < -0.4 is 9.47 Å². The normalized spacial score (nSPS) is 17.2. The Bertz CT molecular complexity index is 1170. The van der Waals surface area contributed by atoms with Crippen LogP contribution >= 0.6 is 0 Å². The Kier molecular flexibility index (Phi) is 9.38. The van der Waals surface area contributed by atoms with Gasteiger partial charge < -0.3 is 24.4 Å². The van der Waals surface area contributed by atoms with E-state index in [1.165, 1.54) is 0 Å². The number of aliphatic hydroxyl groups is 1. The van der Waals surface area contributed by atoms with Crippen molar-refractivity contribution in [1.82, 2.24) is 9.80 Å². The number of ketones is 1. The molecular weight excluding hydrogens is 468 g/mol. The summed E-state index contributed by atoms with van der Waals surface area (Å²) in [7, 11) is 5.50. The quantitative estimate of drug-likeness (QED) is 0.258. The smallest absolute Gasteiger partial charge is 0.295 e. The average molecular weight is 509 g/mol. The number of aliphatic hydroxyl groups excluding tert-OH is 1. The zero-order valence-electron chi connectivity index (χ0n) is 23.1. The number of aryl methyl sites for hydroxylation is 2. The van der Waals surface area contributed by atoms with Crippen molar-refractivity contribution >= 4 is 17.4 Å². The van der Waals surface area contributed by atoms with Crippen molar-refractivity contribution in [3.05, 3.63) is 64.2 Å². The Morgan fingerprint density at radius 2 is 1.81 bits per heavy atom. The molecule has 0 saturated carbocycles. The number of Topliss-reactive ketones (excluding diaryl/α,β-unsaturated/α-hetero) is 1. The van der Waals surface area contributed by atoms with E-state index in [9.17, 15) is 14.7 Å². The van der Waals surface area contributed by atoms with E-state index in [0.29, 0.717) is 48.1 Å². The molecular formula is C30H40N2O5. The minimum absolute atomic E-state index is 0.0964. The molecule has 0 radical (unpaired) electrons. The topological polar surface area (TPSA) is 79.3 Å². The van der Waals surface area contributed by atoms with Crippen LogP contribution in [0.2, 0.25) is 0 Å². The van der Waals surface area contributed by atoms with E-state index in [0.717, 1.165) is 24.1 Å². The third kappa shape index (κ3) is 6.52. The number of carbonyl (C=O) groups excluding carboxylic acids is 2. The molecule has 3 rings (SSSR count). The third-order valence-corrected chi connectivity index (χ3v) is 6.65. The van der Waals surface area contributed by atoms with E-state index < -0.39 is 17.7 Å². The zero-order valence-corrected chi connectivity index (χ0v) is 23.1. The average Bonchev–Trinajstić information content (AvgIpc) is 3.10. The third-order valence-electron chi connectivity index (χ3n) is 6.65. The van der Waals surface area contributed by atoms with Gasteiger partial charge in [-0.1, -0.05) is 37.6 Å². The minimum atomic E-state index is -0.735. The van der Waals surface area contributed by atoms with E-state index in [1.807, 2.05) is 63.2 Å². The number of carbonyl (C=O) groups is 2. The van der Waals surface area contributed by atoms with Crippen LogP contribution in [0.5, 0.6) is 11.5 Å². The van der Waals surface area contributed by atoms with Gasteiger partial charge in [-0.25, -0.2) is 0 Å². The summed E-state index contributed by atoms with van der Waals surface area (Å²) in [4.78, 5) is 30.2. The highest BCUT2D eigenvalue weighted by molar-refractivity contribution is 6.46. The van der Waals surface area contributed by atoms with E-state index >= 15 is 0 Å². The van der Waals surface area contributed by atoms with Gasteiger partial charge in [-0.05, 0) is 82.6 Å². The van der Waals surface area contributed by atoms with Gasteiger partial charge in [0.2, 0.25) is 0 Å². The molecule has 1 unspecified atom stereocenters. The lowest BCUT2D eigenvalue weighted by molar-refractivity contribution is -0.139. The van der Waals surface area contributed by atoms with Gasteiger partial charge in [-0.3, -0.25) is 9.59 Å². The van der Waals surface area contributed by atoms with Crippen LogP contribution in [0.4, 0.5) is 0 Å². The fourth-order valence-corrected chi connectivity index (χ4v) is 4.53. The molecule has 1 atom stereocenters. The van der Waals surface area contributed by atoms with Crippen LogP contribution in [0.25, 0.3) is 5.76 Å². The number of hydrogen-bond donors (Lipinski definition) is 1. The highest BCUT2D eigenvalue weighted by Crippen LogP contribution is 2.42. The zero-order chi connectivity index (χ0) is 27.3. The molecule has 2 aromatic carbocycles. The molecule has 0 bridgehead atoms. The second-order valence-corrected chi connectivity index (χ2v) is 10.4. The highest BCUT2D eigenvalue weighted by Gasteiger charge is 2.46. The largest absolute Gasteiger partial charge is 0.507 e. The van der Waals surface area contributed by atoms with Gasteiger partial charge in [0.25, 0.3) is 11.7 Å². The standard InChI is InChI=1S/C30H40N2O5/c1-19(2)13-16-37-24-12-11-22(18-25(24)36-7)27-26(28(33)23-17-20(3)9-10-21(23)4)29(34)30(35)32(27)15-8-14-31(5)6/h9-12,17-19,27,33H,8,13-16H2,1-7H3. The van der Waals surface area contributed by atoms with E-state index in [-0.39, 0.29) is 11.3 Å². The van der Waals surface area contributed by atoms with Gasteiger partial charge in [0.1, 0.15) is 5.76 Å². The fourth-order valence-electron chi connectivity index (χ4n) is 4.53. The number of methoxy groups -OCH3 is 1. The number of ether oxygens (including phenoxy) is 2. The van der Waals surface area contributed by atoms with Crippen molar-refractivity contribution in [2.24, 2.45) is 5.92 Å². The number of hydrogen-bond acceptors (Lipinski definition) is 6. The lowest BCUT2D eigenvalue weighted by Crippen LogP contribution is -2.32. The molecule has 0 aliphatic carbocycles. The number of nitrogens with zero attached hydrogens (tertiary/aromatic N) is 2. The monoisotopic (exact) mass is 508 g/mol. The molecule has 7 heteroatoms. The summed E-state index contributed by atoms with van der Waals surface area (Å²) >= 11 is 0. The molecule has 1 N–H and O–H groups in total. The predicted octanol–water partition coefficient (Wildman–Crippen LogP) is 5.11. The van der Waals surface area contributed by atoms with Crippen molar-refractivity contribution in [2.45, 2.75) is 46.6 Å². The Hall–Kier alpha value is -3.32. The van der Waals surface area contributed by atoms with Crippen molar-refractivity contribution in [3.63, 3.8) is 0 Å². The van der Waals surface area contributed by atoms with Gasteiger partial charge in [0.05, 0.1) is 25.3 Å². The van der Waals surface area contributed by atoms with Gasteiger partial charge in [-0.2, -0.15) is 0 Å². The predicted molar refractivity (Wildman–Crippen MR) is 146 cm³/mol. The summed E-state index contributed by atoms with van der Waals surface area (Å²) < 4.78 is 11.6. The first kappa shape index (κ1) is 28.3. The maximum atomic E-state index is 13.4. The maximum Gasteiger partial charge on any atom is 0.295 e. The summed E-state index contributed by atoms with van der Waals surface area (Å²) in [5.74, 6) is 0.197. The number of likely N-dealkylation sites (tertiary alicyclic amines) is 1. The Balaban J connectivity index is 2.11. The summed E-state index contributed by atoms with van der Waals surface area (Å²) in [6.45, 7) is 9.78. The first-order valence-corrected chi connectivity index (χ1v) is 12.9. The first-order valence-electron chi connectivity index (χ1n) is 12.9. The molecule has 37 heavy (non-hydrogen) atoms. The molecule has 2 aromatic rings. The van der Waals surface area contributed by atoms with E-state index in [4.69, 9.17) is 9.47 Å². The van der Waals surface area contributed by atoms with Gasteiger partial charge in [-0.15, -0.1) is 0 Å². The van der Waals surface area contributed by atoms with Crippen LogP contribution in [0.1, 0.15) is 55.0 Å². The maximum absolute atomic E-state index is 13.4. The first-order chi connectivity index (χ1) is 17.5. The summed E-state index contributed by atoms with van der Waals surface area (Å²) in [5, 5.41) is 11.4. The van der Waals surface area contributed by atoms with Crippen molar-refractivity contribution in [2.75, 3.05) is 40.9 Å². The van der Waals surface area contributed by atoms with Crippen LogP contribution in [0.3, 0.4) is 0 Å². The molecule has 7 nitrogen and oxygen atoms in total. The Labute approximate surface area is 220 Å². The van der Waals surface area contributed by atoms with Crippen LogP contribution in [-0.4, -0.2) is 67.5 Å². The molecule has 0 spiro atoms. The van der Waals surface area contributed by atoms with Crippen LogP contribution in [-0.2, 0) is 9.59 Å². The summed E-state index contributed by atoms with van der Waals surface area (Å²) in [6.07, 6.45) is 1.60. The lowest BCUT2D eigenvalue weighted by Gasteiger charge is -2.26. The Morgan fingerprint density at radius 1 is 1.08 bits per heavy atom. The van der Waals surface area contributed by atoms with Gasteiger partial charge in [0, 0.05) is 12.1 Å². The van der Waals surface area contributed by atoms with E-state index in [2.05, 4.69) is 13.8 Å². The van der Waals surface area contributed by atoms with Crippen LogP contribution in [0.15, 0.2) is 42.0 Å². The van der Waals surface area contributed by atoms with Gasteiger partial charge >= 0.3 is 0 Å². The number of rotatable bonds is 11. The molecule has 1 amide bonds. The van der Waals surface area contributed by atoms with Crippen LogP contribution in [0, 0.1) is 19.8 Å². The second kappa shape index (κ2) is 12.3. The van der Waals surface area contributed by atoms with Crippen molar-refractivity contribution in [1.29, 1.82) is 0 Å². The molecule has 1 saturated heterocycles. The minimum Gasteiger partial charge on any atom is -0.507 e. The summed E-state index contributed by atoms with van der Waals surface area (Å²) in [6, 6.07) is 10.4. The lowest BCUT2D eigenvalue weighted by atomic mass is 9.93. The highest BCUT2D eigenvalue weighted by atomic mass is 16.5. The van der Waals surface area contributed by atoms with E-state index in [1.54, 1.807) is 18.1 Å². The van der Waals surface area contributed by atoms with Crippen molar-refractivity contribution < 1.29 is 24.2 Å². The number of amides is 1. The molecule has 1 aliphatic rings. The molecule has 200 valence electrons. The van der Waals surface area contributed by atoms with Crippen molar-refractivity contribution in [3.8, 4) is 11.5 Å². The molecule has 1 fully saturated rings. The fraction of sp³-hybridized carbons (Fsp3) is 0.467. The Morgan fingerprint density at radius 3 is 2.46 bits per heavy atom. The second-order valence-electron chi connectivity index (χ2n) is 10.4. The number of benzene rings is 2. The molecule has 0 aromatic heterocycles. The molecule has 1 aliphatic heterocycles. The molecule has 1 heterocycles. The summed E-state index contributed by atoms with van der Waals surface area (Å²) in [5.41, 5.74) is 3.11.